The van der Waals surface area contributed by atoms with Crippen LogP contribution in [0.3, 0.4) is 0 Å². The van der Waals surface area contributed by atoms with Crippen LogP contribution in [-0.2, 0) is 6.54 Å². The van der Waals surface area contributed by atoms with Crippen LogP contribution in [0.4, 0.5) is 4.39 Å². The van der Waals surface area contributed by atoms with Gasteiger partial charge in [0, 0.05) is 18.7 Å². The van der Waals surface area contributed by atoms with Gasteiger partial charge in [-0.3, -0.25) is 4.90 Å². The first-order chi connectivity index (χ1) is 8.97. The monoisotopic (exact) mass is 282 g/mol. The summed E-state index contributed by atoms with van der Waals surface area (Å²) < 4.78 is 13.3. The van der Waals surface area contributed by atoms with Crippen LogP contribution in [0.1, 0.15) is 38.3 Å². The first kappa shape index (κ1) is 16.1. The molecule has 1 aromatic rings. The third-order valence-corrected chi connectivity index (χ3v) is 3.67. The maximum atomic E-state index is 13.3. The first-order valence-electron chi connectivity index (χ1n) is 6.78. The Hall–Kier alpha value is -1.00. The van der Waals surface area contributed by atoms with Gasteiger partial charge in [-0.05, 0) is 30.2 Å². The summed E-state index contributed by atoms with van der Waals surface area (Å²) in [5, 5.41) is 0. The summed E-state index contributed by atoms with van der Waals surface area (Å²) in [7, 11) is 0. The van der Waals surface area contributed by atoms with Crippen molar-refractivity contribution in [1.82, 2.24) is 4.90 Å². The molecule has 0 aromatic heterocycles. The van der Waals surface area contributed by atoms with Crippen molar-refractivity contribution in [2.75, 3.05) is 13.1 Å². The van der Waals surface area contributed by atoms with E-state index in [1.54, 1.807) is 6.07 Å². The van der Waals surface area contributed by atoms with Crippen molar-refractivity contribution in [3.05, 3.63) is 35.1 Å². The Morgan fingerprint density at radius 2 is 2.11 bits per heavy atom. The zero-order valence-corrected chi connectivity index (χ0v) is 12.8. The number of hydrogen-bond acceptors (Lipinski definition) is 2. The highest BCUT2D eigenvalue weighted by Gasteiger charge is 2.12. The Kier molecular flexibility index (Phi) is 6.38. The second-order valence-corrected chi connectivity index (χ2v) is 5.45. The van der Waals surface area contributed by atoms with Crippen LogP contribution < -0.4 is 5.73 Å². The zero-order valence-electron chi connectivity index (χ0n) is 11.9. The molecule has 0 aliphatic heterocycles. The Balaban J connectivity index is 2.87. The molecule has 0 aliphatic rings. The largest absolute Gasteiger partial charge is 0.389 e. The van der Waals surface area contributed by atoms with Gasteiger partial charge in [-0.25, -0.2) is 4.39 Å². The number of rotatable bonds is 7. The molecule has 0 spiro atoms. The number of benzene rings is 1. The molecule has 1 atom stereocenters. The van der Waals surface area contributed by atoms with Crippen LogP contribution in [0.15, 0.2) is 18.2 Å². The van der Waals surface area contributed by atoms with Gasteiger partial charge in [0.25, 0.3) is 0 Å². The van der Waals surface area contributed by atoms with E-state index in [0.717, 1.165) is 31.6 Å². The van der Waals surface area contributed by atoms with Crippen molar-refractivity contribution in [2.24, 2.45) is 11.7 Å². The molecule has 1 rings (SSSR count). The van der Waals surface area contributed by atoms with Gasteiger partial charge in [0.1, 0.15) is 10.8 Å². The zero-order chi connectivity index (χ0) is 14.4. The fourth-order valence-corrected chi connectivity index (χ4v) is 2.22. The van der Waals surface area contributed by atoms with Crippen LogP contribution in [0.5, 0.6) is 0 Å². The SMILES string of the molecule is CCC(C)CN(CC)Cc1ccc(F)cc1C(N)=S. The molecule has 4 heteroatoms. The van der Waals surface area contributed by atoms with Crippen LogP contribution in [0.2, 0.25) is 0 Å². The number of hydrogen-bond donors (Lipinski definition) is 1. The van der Waals surface area contributed by atoms with Gasteiger partial charge in [0.05, 0.1) is 0 Å². The third kappa shape index (κ3) is 4.88. The van der Waals surface area contributed by atoms with Crippen molar-refractivity contribution >= 4 is 17.2 Å². The maximum absolute atomic E-state index is 13.3. The molecule has 0 bridgehead atoms. The molecule has 2 N–H and O–H groups in total. The average Bonchev–Trinajstić information content (AvgIpc) is 2.39. The molecule has 0 amide bonds. The quantitative estimate of drug-likeness (QED) is 0.778. The van der Waals surface area contributed by atoms with Gasteiger partial charge < -0.3 is 5.73 Å². The molecule has 0 saturated carbocycles. The Morgan fingerprint density at radius 3 is 2.63 bits per heavy atom. The highest BCUT2D eigenvalue weighted by atomic mass is 32.1. The molecular weight excluding hydrogens is 259 g/mol. The summed E-state index contributed by atoms with van der Waals surface area (Å²) >= 11 is 5.00. The molecule has 106 valence electrons. The lowest BCUT2D eigenvalue weighted by Gasteiger charge is -2.24. The second-order valence-electron chi connectivity index (χ2n) is 5.01. The van der Waals surface area contributed by atoms with Crippen LogP contribution in [0.25, 0.3) is 0 Å². The van der Waals surface area contributed by atoms with Gasteiger partial charge in [-0.15, -0.1) is 0 Å². The number of halogens is 1. The lowest BCUT2D eigenvalue weighted by molar-refractivity contribution is 0.238. The number of nitrogens with two attached hydrogens (primary N) is 1. The van der Waals surface area contributed by atoms with E-state index in [1.807, 2.05) is 0 Å². The summed E-state index contributed by atoms with van der Waals surface area (Å²) in [5.74, 6) is 0.352. The molecule has 0 radical (unpaired) electrons. The van der Waals surface area contributed by atoms with E-state index in [1.165, 1.54) is 12.1 Å². The molecule has 0 fully saturated rings. The fraction of sp³-hybridized carbons (Fsp3) is 0.533. The molecule has 0 aliphatic carbocycles. The second kappa shape index (κ2) is 7.56. The molecule has 0 saturated heterocycles. The average molecular weight is 282 g/mol. The Labute approximate surface area is 120 Å². The van der Waals surface area contributed by atoms with Crippen LogP contribution in [0, 0.1) is 11.7 Å². The summed E-state index contributed by atoms with van der Waals surface area (Å²) in [6, 6.07) is 4.67. The van der Waals surface area contributed by atoms with E-state index in [-0.39, 0.29) is 10.8 Å². The van der Waals surface area contributed by atoms with Gasteiger partial charge in [-0.2, -0.15) is 0 Å². The predicted molar refractivity (Wildman–Crippen MR) is 82.7 cm³/mol. The van der Waals surface area contributed by atoms with E-state index in [9.17, 15) is 4.39 Å². The van der Waals surface area contributed by atoms with Crippen molar-refractivity contribution in [3.63, 3.8) is 0 Å². The van der Waals surface area contributed by atoms with Gasteiger partial charge >= 0.3 is 0 Å². The number of thiocarbonyl (C=S) groups is 1. The Morgan fingerprint density at radius 1 is 1.42 bits per heavy atom. The third-order valence-electron chi connectivity index (χ3n) is 3.45. The highest BCUT2D eigenvalue weighted by molar-refractivity contribution is 7.80. The van der Waals surface area contributed by atoms with E-state index in [2.05, 4.69) is 25.7 Å². The molecule has 1 unspecified atom stereocenters. The lowest BCUT2D eigenvalue weighted by Crippen LogP contribution is -2.29. The fourth-order valence-electron chi connectivity index (χ4n) is 2.03. The maximum Gasteiger partial charge on any atom is 0.123 e. The topological polar surface area (TPSA) is 29.3 Å². The van der Waals surface area contributed by atoms with E-state index >= 15 is 0 Å². The van der Waals surface area contributed by atoms with Gasteiger partial charge in [0.2, 0.25) is 0 Å². The minimum Gasteiger partial charge on any atom is -0.389 e. The Bertz CT molecular complexity index is 434. The molecule has 1 aromatic carbocycles. The van der Waals surface area contributed by atoms with Crippen LogP contribution in [-0.4, -0.2) is 23.0 Å². The number of nitrogens with zero attached hydrogens (tertiary/aromatic N) is 1. The lowest BCUT2D eigenvalue weighted by atomic mass is 10.0. The van der Waals surface area contributed by atoms with Crippen molar-refractivity contribution in [3.8, 4) is 0 Å². The molecule has 19 heavy (non-hydrogen) atoms. The summed E-state index contributed by atoms with van der Waals surface area (Å²) in [4.78, 5) is 2.59. The predicted octanol–water partition coefficient (Wildman–Crippen LogP) is 3.33. The van der Waals surface area contributed by atoms with Gasteiger partial charge in [0.15, 0.2) is 0 Å². The van der Waals surface area contributed by atoms with Crippen molar-refractivity contribution < 1.29 is 4.39 Å². The summed E-state index contributed by atoms with van der Waals surface area (Å²) in [5.41, 5.74) is 7.32. The first-order valence-corrected chi connectivity index (χ1v) is 7.19. The van der Waals surface area contributed by atoms with E-state index in [4.69, 9.17) is 18.0 Å². The summed E-state index contributed by atoms with van der Waals surface area (Å²) in [6.45, 7) is 9.30. The van der Waals surface area contributed by atoms with Gasteiger partial charge in [-0.1, -0.05) is 45.5 Å². The van der Waals surface area contributed by atoms with Crippen molar-refractivity contribution in [1.29, 1.82) is 0 Å². The summed E-state index contributed by atoms with van der Waals surface area (Å²) in [6.07, 6.45) is 1.15. The van der Waals surface area contributed by atoms with Crippen molar-refractivity contribution in [2.45, 2.75) is 33.7 Å². The highest BCUT2D eigenvalue weighted by Crippen LogP contribution is 2.15. The molecule has 2 nitrogen and oxygen atoms in total. The smallest absolute Gasteiger partial charge is 0.123 e. The molecule has 0 heterocycles. The standard InChI is InChI=1S/C15H23FN2S/c1-4-11(3)9-18(5-2)10-12-6-7-13(16)8-14(12)15(17)19/h6-8,11H,4-5,9-10H2,1-3H3,(H2,17,19). The van der Waals surface area contributed by atoms with E-state index in [0.29, 0.717) is 11.5 Å². The van der Waals surface area contributed by atoms with Crippen LogP contribution >= 0.6 is 12.2 Å². The van der Waals surface area contributed by atoms with E-state index < -0.39 is 0 Å². The minimum absolute atomic E-state index is 0.258. The molecular formula is C15H23FN2S. The normalized spacial score (nSPS) is 12.7. The minimum atomic E-state index is -0.295.